The molecule has 4 aromatic carbocycles. The normalized spacial score (nSPS) is 14.2. The third-order valence-corrected chi connectivity index (χ3v) is 7.37. The summed E-state index contributed by atoms with van der Waals surface area (Å²) in [6.07, 6.45) is 1.86. The van der Waals surface area contributed by atoms with Crippen molar-refractivity contribution in [1.29, 1.82) is 0 Å². The maximum atomic E-state index is 8.42. The molecular weight excluding hydrogens is 449 g/mol. The summed E-state index contributed by atoms with van der Waals surface area (Å²) in [5.41, 5.74) is 8.81. The second kappa shape index (κ2) is 9.29. The van der Waals surface area contributed by atoms with Gasteiger partial charge < -0.3 is 4.81 Å². The van der Waals surface area contributed by atoms with Gasteiger partial charge in [0.15, 0.2) is 0 Å². The molecule has 2 heterocycles. The van der Waals surface area contributed by atoms with Gasteiger partial charge in [0.25, 0.3) is 5.82 Å². The van der Waals surface area contributed by atoms with E-state index in [-0.39, 0.29) is 6.98 Å². The van der Waals surface area contributed by atoms with E-state index in [0.29, 0.717) is 5.56 Å². The van der Waals surface area contributed by atoms with Gasteiger partial charge in [-0.2, -0.15) is 0 Å². The lowest BCUT2D eigenvalue weighted by molar-refractivity contribution is -0.657. The number of hydrogen-bond acceptors (Lipinski definition) is 2. The van der Waals surface area contributed by atoms with Crippen molar-refractivity contribution < 1.29 is 8.68 Å². The molecule has 0 fully saturated rings. The first-order valence-electron chi connectivity index (χ1n) is 14.1. The Kier molecular flexibility index (Phi) is 4.98. The Morgan fingerprint density at radius 3 is 1.89 bits per heavy atom. The van der Waals surface area contributed by atoms with Crippen molar-refractivity contribution in [3.05, 3.63) is 127 Å². The number of pyridine rings is 1. The fourth-order valence-electron chi connectivity index (χ4n) is 5.65. The SMILES string of the molecule is [2H]C([2H])([2H])c1cc[n+](C)c2c1N(C)B(c1c(-c3ccccc3)cccc1-c1ccccc1)N2c1ccccc1C. The van der Waals surface area contributed by atoms with E-state index in [1.165, 1.54) is 0 Å². The van der Waals surface area contributed by atoms with Gasteiger partial charge in [0.1, 0.15) is 11.4 Å². The molecule has 0 radical (unpaired) electrons. The van der Waals surface area contributed by atoms with Crippen LogP contribution in [-0.4, -0.2) is 14.0 Å². The molecule has 1 aliphatic heterocycles. The minimum absolute atomic E-state index is 0.308. The lowest BCUT2D eigenvalue weighted by atomic mass is 9.60. The Bertz CT molecular complexity index is 1630. The molecule has 1 aliphatic rings. The Morgan fingerprint density at radius 1 is 0.703 bits per heavy atom. The monoisotopic (exact) mass is 483 g/mol. The summed E-state index contributed by atoms with van der Waals surface area (Å²) in [6, 6.07) is 37.4. The summed E-state index contributed by atoms with van der Waals surface area (Å²) in [4.78, 5) is 4.46. The number of fused-ring (bicyclic) bond motifs is 1. The highest BCUT2D eigenvalue weighted by Gasteiger charge is 2.53. The van der Waals surface area contributed by atoms with E-state index in [4.69, 9.17) is 4.11 Å². The van der Waals surface area contributed by atoms with Crippen LogP contribution in [0.1, 0.15) is 15.2 Å². The summed E-state index contributed by atoms with van der Waals surface area (Å²) >= 11 is 0. The number of benzene rings is 4. The van der Waals surface area contributed by atoms with E-state index in [2.05, 4.69) is 95.4 Å². The molecule has 0 bridgehead atoms. The van der Waals surface area contributed by atoms with Crippen molar-refractivity contribution in [3.63, 3.8) is 0 Å². The number of hydrogen-bond donors (Lipinski definition) is 0. The molecule has 0 amide bonds. The molecule has 180 valence electrons. The first-order chi connectivity index (χ1) is 19.3. The van der Waals surface area contributed by atoms with Gasteiger partial charge in [-0.15, -0.1) is 0 Å². The third kappa shape index (κ3) is 3.81. The van der Waals surface area contributed by atoms with Crippen LogP contribution < -0.4 is 19.7 Å². The molecule has 0 saturated heterocycles. The van der Waals surface area contributed by atoms with E-state index >= 15 is 0 Å². The molecule has 0 atom stereocenters. The maximum Gasteiger partial charge on any atom is 0.538 e. The predicted molar refractivity (Wildman–Crippen MR) is 157 cm³/mol. The van der Waals surface area contributed by atoms with E-state index < -0.39 is 6.85 Å². The summed E-state index contributed by atoms with van der Waals surface area (Å²) in [5, 5.41) is 0. The van der Waals surface area contributed by atoms with Crippen molar-refractivity contribution in [1.82, 2.24) is 0 Å². The van der Waals surface area contributed by atoms with Crippen molar-refractivity contribution in [2.45, 2.75) is 13.8 Å². The van der Waals surface area contributed by atoms with Gasteiger partial charge in [0.2, 0.25) is 0 Å². The zero-order valence-electron chi connectivity index (χ0n) is 24.4. The van der Waals surface area contributed by atoms with Gasteiger partial charge in [-0.3, -0.25) is 4.81 Å². The van der Waals surface area contributed by atoms with E-state index in [1.807, 2.05) is 49.1 Å². The van der Waals surface area contributed by atoms with Crippen LogP contribution in [0.25, 0.3) is 22.3 Å². The van der Waals surface area contributed by atoms with Crippen molar-refractivity contribution in [3.8, 4) is 22.3 Å². The van der Waals surface area contributed by atoms with E-state index in [9.17, 15) is 0 Å². The molecule has 0 unspecified atom stereocenters. The number of nitrogens with zero attached hydrogens (tertiary/aromatic N) is 3. The molecule has 3 nitrogen and oxygen atoms in total. The van der Waals surface area contributed by atoms with Gasteiger partial charge in [-0.25, -0.2) is 4.57 Å². The molecule has 4 heteroatoms. The minimum Gasteiger partial charge on any atom is -0.366 e. The average Bonchev–Trinajstić information content (AvgIpc) is 3.26. The fourth-order valence-corrected chi connectivity index (χ4v) is 5.65. The number of aryl methyl sites for hydroxylation is 3. The lowest BCUT2D eigenvalue weighted by Crippen LogP contribution is -2.56. The number of aromatic nitrogens is 1. The molecule has 6 rings (SSSR count). The summed E-state index contributed by atoms with van der Waals surface area (Å²) < 4.78 is 27.3. The Balaban J connectivity index is 1.73. The Labute approximate surface area is 224 Å². The van der Waals surface area contributed by atoms with Gasteiger partial charge >= 0.3 is 6.98 Å². The van der Waals surface area contributed by atoms with Gasteiger partial charge in [0.05, 0.1) is 13.2 Å². The summed E-state index contributed by atoms with van der Waals surface area (Å²) in [5.74, 6) is 0.859. The topological polar surface area (TPSA) is 10.4 Å². The number of anilines is 3. The highest BCUT2D eigenvalue weighted by molar-refractivity contribution is 6.85. The standard InChI is InChI=1S/C33H31BN3/c1-24-14-11-12-21-30(24)37-33-32(25(2)22-23-35(33)3)36(4)34(37)31-28(26-15-7-5-8-16-26)19-13-20-29(31)27-17-9-6-10-18-27/h5-23H,1-4H3/q+1/i2D3. The van der Waals surface area contributed by atoms with Gasteiger partial charge in [-0.05, 0) is 66.3 Å². The minimum atomic E-state index is -2.26. The van der Waals surface area contributed by atoms with E-state index in [0.717, 1.165) is 50.5 Å². The first kappa shape index (κ1) is 19.8. The molecule has 0 N–H and O–H groups in total. The highest BCUT2D eigenvalue weighted by Crippen LogP contribution is 2.43. The van der Waals surface area contributed by atoms with Gasteiger partial charge in [0, 0.05) is 9.58 Å². The lowest BCUT2D eigenvalue weighted by Gasteiger charge is -2.26. The molecule has 5 aromatic rings. The largest absolute Gasteiger partial charge is 0.538 e. The molecule has 1 aromatic heterocycles. The molecular formula is C33H31BN3+. The quantitative estimate of drug-likeness (QED) is 0.215. The summed E-state index contributed by atoms with van der Waals surface area (Å²) in [6.45, 7) is -0.461. The van der Waals surface area contributed by atoms with Crippen LogP contribution in [-0.2, 0) is 7.05 Å². The van der Waals surface area contributed by atoms with Crippen LogP contribution in [0.3, 0.4) is 0 Å². The van der Waals surface area contributed by atoms with Crippen molar-refractivity contribution in [2.24, 2.45) is 7.05 Å². The Morgan fingerprint density at radius 2 is 1.30 bits per heavy atom. The van der Waals surface area contributed by atoms with Crippen LogP contribution in [0.15, 0.2) is 115 Å². The molecule has 37 heavy (non-hydrogen) atoms. The van der Waals surface area contributed by atoms with Crippen LogP contribution in [0.4, 0.5) is 17.2 Å². The van der Waals surface area contributed by atoms with Crippen LogP contribution in [0.2, 0.25) is 0 Å². The molecule has 0 saturated carbocycles. The summed E-state index contributed by atoms with van der Waals surface area (Å²) in [7, 11) is 4.01. The molecule has 0 spiro atoms. The smallest absolute Gasteiger partial charge is 0.366 e. The van der Waals surface area contributed by atoms with Crippen molar-refractivity contribution >= 4 is 29.6 Å². The zero-order valence-corrected chi connectivity index (χ0v) is 21.4. The predicted octanol–water partition coefficient (Wildman–Crippen LogP) is 6.45. The third-order valence-electron chi connectivity index (χ3n) is 7.37. The molecule has 0 aliphatic carbocycles. The van der Waals surface area contributed by atoms with Crippen LogP contribution in [0.5, 0.6) is 0 Å². The first-order valence-corrected chi connectivity index (χ1v) is 12.6. The maximum absolute atomic E-state index is 8.42. The average molecular weight is 483 g/mol. The van der Waals surface area contributed by atoms with E-state index in [1.54, 1.807) is 6.07 Å². The highest BCUT2D eigenvalue weighted by atomic mass is 15.3. The fraction of sp³-hybridized carbons (Fsp3) is 0.121. The van der Waals surface area contributed by atoms with Gasteiger partial charge in [-0.1, -0.05) is 97.1 Å². The number of para-hydroxylation sites is 1. The van der Waals surface area contributed by atoms with Crippen LogP contribution in [0, 0.1) is 13.8 Å². The second-order valence-electron chi connectivity index (χ2n) is 9.65. The Hall–Kier alpha value is -4.31. The van der Waals surface area contributed by atoms with Crippen molar-refractivity contribution in [2.75, 3.05) is 16.7 Å². The van der Waals surface area contributed by atoms with Crippen LogP contribution >= 0.6 is 0 Å². The second-order valence-corrected chi connectivity index (χ2v) is 9.65. The number of rotatable bonds is 4. The zero-order chi connectivity index (χ0) is 28.0.